The van der Waals surface area contributed by atoms with Crippen molar-refractivity contribution in [3.63, 3.8) is 0 Å². The van der Waals surface area contributed by atoms with Crippen molar-refractivity contribution in [2.75, 3.05) is 26.4 Å². The van der Waals surface area contributed by atoms with E-state index in [0.717, 1.165) is 61.7 Å². The highest BCUT2D eigenvalue weighted by Gasteiger charge is 2.20. The molecule has 1 aromatic carbocycles. The molecule has 0 spiro atoms. The molecule has 0 saturated heterocycles. The number of hydrogen-bond donors (Lipinski definition) is 1. The van der Waals surface area contributed by atoms with Gasteiger partial charge in [-0.05, 0) is 43.4 Å². The monoisotopic (exact) mass is 355 g/mol. The van der Waals surface area contributed by atoms with Crippen LogP contribution in [-0.4, -0.2) is 41.3 Å². The number of ether oxygens (including phenoxy) is 2. The number of aryl methyl sites for hydroxylation is 1. The normalized spacial score (nSPS) is 17.6. The summed E-state index contributed by atoms with van der Waals surface area (Å²) in [4.78, 5) is 22.0. The molecule has 0 aliphatic carbocycles. The molecular weight excluding hydrogens is 330 g/mol. The van der Waals surface area contributed by atoms with E-state index in [-0.39, 0.29) is 5.56 Å². The quantitative estimate of drug-likeness (QED) is 0.910. The number of fused-ring (bicyclic) bond motifs is 2. The van der Waals surface area contributed by atoms with Gasteiger partial charge in [0.05, 0.1) is 5.69 Å². The molecule has 0 fully saturated rings. The highest BCUT2D eigenvalue weighted by Crippen LogP contribution is 2.33. The lowest BCUT2D eigenvalue weighted by Crippen LogP contribution is -2.32. The Morgan fingerprint density at radius 1 is 1.23 bits per heavy atom. The van der Waals surface area contributed by atoms with Crippen LogP contribution in [0, 0.1) is 12.8 Å². The van der Waals surface area contributed by atoms with Gasteiger partial charge in [0.2, 0.25) is 6.79 Å². The fourth-order valence-electron chi connectivity index (χ4n) is 3.94. The summed E-state index contributed by atoms with van der Waals surface area (Å²) in [6.07, 6.45) is 2.61. The SMILES string of the molecule is Cc1nc2c(c(=O)[nH]1)CCN(C[C@H](C)Cc1ccc3c(c1)OCO3)CC2. The summed E-state index contributed by atoms with van der Waals surface area (Å²) >= 11 is 0. The Morgan fingerprint density at radius 3 is 2.92 bits per heavy atom. The lowest BCUT2D eigenvalue weighted by atomic mass is 10.00. The van der Waals surface area contributed by atoms with Gasteiger partial charge in [-0.1, -0.05) is 13.0 Å². The Hall–Kier alpha value is -2.34. The van der Waals surface area contributed by atoms with Crippen molar-refractivity contribution < 1.29 is 9.47 Å². The Labute approximate surface area is 153 Å². The maximum Gasteiger partial charge on any atom is 0.254 e. The van der Waals surface area contributed by atoms with Gasteiger partial charge in [-0.3, -0.25) is 4.79 Å². The van der Waals surface area contributed by atoms with E-state index in [1.54, 1.807) is 0 Å². The molecule has 138 valence electrons. The molecule has 4 rings (SSSR count). The molecule has 26 heavy (non-hydrogen) atoms. The van der Waals surface area contributed by atoms with Gasteiger partial charge in [0.15, 0.2) is 11.5 Å². The first-order valence-electron chi connectivity index (χ1n) is 9.28. The zero-order valence-corrected chi connectivity index (χ0v) is 15.4. The summed E-state index contributed by atoms with van der Waals surface area (Å²) in [7, 11) is 0. The highest BCUT2D eigenvalue weighted by atomic mass is 16.7. The van der Waals surface area contributed by atoms with Crippen LogP contribution in [0.2, 0.25) is 0 Å². The fourth-order valence-corrected chi connectivity index (χ4v) is 3.94. The molecule has 1 aromatic heterocycles. The van der Waals surface area contributed by atoms with E-state index in [4.69, 9.17) is 9.47 Å². The molecule has 0 unspecified atom stereocenters. The Morgan fingerprint density at radius 2 is 2.04 bits per heavy atom. The number of hydrogen-bond acceptors (Lipinski definition) is 5. The number of aromatic nitrogens is 2. The summed E-state index contributed by atoms with van der Waals surface area (Å²) < 4.78 is 10.8. The van der Waals surface area contributed by atoms with Crippen LogP contribution in [0.3, 0.4) is 0 Å². The smallest absolute Gasteiger partial charge is 0.254 e. The molecule has 2 aliphatic heterocycles. The van der Waals surface area contributed by atoms with Crippen molar-refractivity contribution in [1.29, 1.82) is 0 Å². The number of nitrogens with one attached hydrogen (secondary N) is 1. The Balaban J connectivity index is 1.37. The average Bonchev–Trinajstić information content (AvgIpc) is 2.96. The number of H-pyrrole nitrogens is 1. The van der Waals surface area contributed by atoms with Gasteiger partial charge >= 0.3 is 0 Å². The Bertz CT molecular complexity index is 862. The summed E-state index contributed by atoms with van der Waals surface area (Å²) in [6.45, 7) is 7.31. The third kappa shape index (κ3) is 3.60. The molecule has 1 atom stereocenters. The molecule has 3 heterocycles. The summed E-state index contributed by atoms with van der Waals surface area (Å²) in [5.74, 6) is 2.91. The van der Waals surface area contributed by atoms with E-state index in [2.05, 4.69) is 33.9 Å². The Kier molecular flexibility index (Phi) is 4.68. The predicted octanol–water partition coefficient (Wildman–Crippen LogP) is 2.09. The van der Waals surface area contributed by atoms with Gasteiger partial charge in [0.1, 0.15) is 5.82 Å². The zero-order chi connectivity index (χ0) is 18.1. The average molecular weight is 355 g/mol. The lowest BCUT2D eigenvalue weighted by molar-refractivity contribution is 0.174. The van der Waals surface area contributed by atoms with E-state index in [0.29, 0.717) is 18.5 Å². The molecule has 1 N–H and O–H groups in total. The van der Waals surface area contributed by atoms with Gasteiger partial charge in [-0.2, -0.15) is 0 Å². The molecule has 6 heteroatoms. The largest absolute Gasteiger partial charge is 0.454 e. The molecule has 0 saturated carbocycles. The number of aromatic amines is 1. The topological polar surface area (TPSA) is 67.5 Å². The second-order valence-electron chi connectivity index (χ2n) is 7.37. The minimum atomic E-state index is 0.0303. The second kappa shape index (κ2) is 7.11. The molecule has 0 bridgehead atoms. The van der Waals surface area contributed by atoms with Crippen LogP contribution < -0.4 is 15.0 Å². The maximum absolute atomic E-state index is 12.2. The van der Waals surface area contributed by atoms with Crippen LogP contribution in [0.4, 0.5) is 0 Å². The molecule has 0 amide bonds. The summed E-state index contributed by atoms with van der Waals surface area (Å²) in [5, 5.41) is 0. The highest BCUT2D eigenvalue weighted by molar-refractivity contribution is 5.44. The van der Waals surface area contributed by atoms with Gasteiger partial charge in [-0.15, -0.1) is 0 Å². The van der Waals surface area contributed by atoms with Crippen LogP contribution in [0.5, 0.6) is 11.5 Å². The summed E-state index contributed by atoms with van der Waals surface area (Å²) in [6, 6.07) is 6.20. The molecule has 0 radical (unpaired) electrons. The van der Waals surface area contributed by atoms with E-state index in [9.17, 15) is 4.79 Å². The van der Waals surface area contributed by atoms with E-state index < -0.39 is 0 Å². The van der Waals surface area contributed by atoms with Crippen LogP contribution in [0.1, 0.15) is 29.6 Å². The molecule has 2 aliphatic rings. The third-order valence-corrected chi connectivity index (χ3v) is 5.15. The number of benzene rings is 1. The van der Waals surface area contributed by atoms with Crippen LogP contribution in [-0.2, 0) is 19.3 Å². The molecule has 2 aromatic rings. The van der Waals surface area contributed by atoms with Crippen LogP contribution in [0.25, 0.3) is 0 Å². The van der Waals surface area contributed by atoms with Crippen molar-refractivity contribution in [3.8, 4) is 11.5 Å². The number of nitrogens with zero attached hydrogens (tertiary/aromatic N) is 2. The van der Waals surface area contributed by atoms with Gasteiger partial charge < -0.3 is 19.4 Å². The first-order chi connectivity index (χ1) is 12.6. The van der Waals surface area contributed by atoms with Crippen molar-refractivity contribution in [2.45, 2.75) is 33.1 Å². The third-order valence-electron chi connectivity index (χ3n) is 5.15. The van der Waals surface area contributed by atoms with Crippen molar-refractivity contribution in [2.24, 2.45) is 5.92 Å². The first-order valence-corrected chi connectivity index (χ1v) is 9.28. The van der Waals surface area contributed by atoms with Crippen molar-refractivity contribution in [1.82, 2.24) is 14.9 Å². The maximum atomic E-state index is 12.2. The molecular formula is C20H25N3O3. The minimum Gasteiger partial charge on any atom is -0.454 e. The zero-order valence-electron chi connectivity index (χ0n) is 15.4. The standard InChI is InChI=1S/C20H25N3O3/c1-13(9-15-3-4-18-19(10-15)26-12-25-18)11-23-7-5-16-17(6-8-23)21-14(2)22-20(16)24/h3-4,10,13H,5-9,11-12H2,1-2H3,(H,21,22,24)/t13-/m1/s1. The van der Waals surface area contributed by atoms with Gasteiger partial charge in [-0.25, -0.2) is 4.98 Å². The number of rotatable bonds is 4. The summed E-state index contributed by atoms with van der Waals surface area (Å²) in [5.41, 5.74) is 3.13. The second-order valence-corrected chi connectivity index (χ2v) is 7.37. The van der Waals surface area contributed by atoms with E-state index in [1.165, 1.54) is 5.56 Å². The van der Waals surface area contributed by atoms with Crippen LogP contribution >= 0.6 is 0 Å². The minimum absolute atomic E-state index is 0.0303. The van der Waals surface area contributed by atoms with Crippen LogP contribution in [0.15, 0.2) is 23.0 Å². The van der Waals surface area contributed by atoms with Gasteiger partial charge in [0.25, 0.3) is 5.56 Å². The van der Waals surface area contributed by atoms with E-state index >= 15 is 0 Å². The molecule has 6 nitrogen and oxygen atoms in total. The predicted molar refractivity (Wildman–Crippen MR) is 98.9 cm³/mol. The van der Waals surface area contributed by atoms with E-state index in [1.807, 2.05) is 13.0 Å². The van der Waals surface area contributed by atoms with Crippen molar-refractivity contribution >= 4 is 0 Å². The van der Waals surface area contributed by atoms with Gasteiger partial charge in [0, 0.05) is 31.6 Å². The van der Waals surface area contributed by atoms with Crippen molar-refractivity contribution in [3.05, 3.63) is 51.2 Å². The first kappa shape index (κ1) is 17.1. The fraction of sp³-hybridized carbons (Fsp3) is 0.500. The lowest BCUT2D eigenvalue weighted by Gasteiger charge is -2.24.